The Kier molecular flexibility index (Phi) is 11.0. The van der Waals surface area contributed by atoms with Gasteiger partial charge < -0.3 is 5.11 Å². The third-order valence-corrected chi connectivity index (χ3v) is 10.4. The molecule has 0 saturated carbocycles. The normalized spacial score (nSPS) is 16.3. The van der Waals surface area contributed by atoms with Crippen LogP contribution in [-0.2, 0) is 16.0 Å². The molecule has 2 aromatic rings. The van der Waals surface area contributed by atoms with Crippen molar-refractivity contribution in [2.75, 3.05) is 0 Å². The quantitative estimate of drug-likeness (QED) is 0.207. The van der Waals surface area contributed by atoms with Gasteiger partial charge in [-0.25, -0.2) is 0 Å². The zero-order chi connectivity index (χ0) is 27.3. The first-order valence-corrected chi connectivity index (χ1v) is 15.6. The highest BCUT2D eigenvalue weighted by molar-refractivity contribution is 7.80. The summed E-state index contributed by atoms with van der Waals surface area (Å²) in [6, 6.07) is 13.4. The summed E-state index contributed by atoms with van der Waals surface area (Å²) in [5, 5.41) is 13.5. The Balaban J connectivity index is 2.78. The summed E-state index contributed by atoms with van der Waals surface area (Å²) in [6.45, 7) is 23.0. The van der Waals surface area contributed by atoms with E-state index in [0.717, 1.165) is 30.4 Å². The maximum Gasteiger partial charge on any atom is 0.123 e. The lowest BCUT2D eigenvalue weighted by Crippen LogP contribution is -2.29. The molecule has 0 heterocycles. The van der Waals surface area contributed by atoms with Crippen molar-refractivity contribution in [3.8, 4) is 5.75 Å². The Morgan fingerprint density at radius 2 is 1.47 bits per heavy atom. The van der Waals surface area contributed by atoms with Gasteiger partial charge in [-0.15, -0.1) is 0 Å². The molecule has 4 atom stereocenters. The number of benzene rings is 2. The Bertz CT molecular complexity index is 988. The number of aromatic hydroxyl groups is 1. The van der Waals surface area contributed by atoms with E-state index in [0.29, 0.717) is 20.2 Å². The van der Waals surface area contributed by atoms with Crippen LogP contribution in [-0.4, -0.2) is 5.11 Å². The molecule has 0 saturated heterocycles. The number of phenolic OH excluding ortho intramolecular Hbond substituents is 1. The predicted molar refractivity (Wildman–Crippen MR) is 167 cm³/mol. The lowest BCUT2D eigenvalue weighted by molar-refractivity contribution is 0.303. The van der Waals surface area contributed by atoms with Crippen molar-refractivity contribution >= 4 is 26.5 Å². The minimum Gasteiger partial charge on any atom is -0.507 e. The van der Waals surface area contributed by atoms with Gasteiger partial charge in [-0.2, -0.15) is 12.6 Å². The predicted octanol–water partition coefficient (Wildman–Crippen LogP) is 10.2. The molecule has 0 fully saturated rings. The number of hydrogen-bond donors (Lipinski definition) is 2. The number of rotatable bonds is 12. The van der Waals surface area contributed by atoms with Gasteiger partial charge in [0.25, 0.3) is 0 Å². The highest BCUT2D eigenvalue weighted by Crippen LogP contribution is 2.53. The van der Waals surface area contributed by atoms with Crippen LogP contribution in [0.25, 0.3) is 0 Å². The topological polar surface area (TPSA) is 20.2 Å². The molecule has 0 aromatic heterocycles. The molecule has 2 aromatic carbocycles. The van der Waals surface area contributed by atoms with Crippen LogP contribution in [0.1, 0.15) is 135 Å². The van der Waals surface area contributed by atoms with Gasteiger partial charge >= 0.3 is 0 Å². The van der Waals surface area contributed by atoms with E-state index in [2.05, 4.69) is 106 Å². The molecular weight excluding hydrogens is 475 g/mol. The molecule has 0 radical (unpaired) electrons. The average molecular weight is 529 g/mol. The lowest BCUT2D eigenvalue weighted by atomic mass is 9.69. The number of unbranched alkanes of at least 4 members (excludes halogenated alkanes) is 2. The molecule has 4 unspecified atom stereocenters. The average Bonchev–Trinajstić information content (AvgIpc) is 2.80. The Morgan fingerprint density at radius 3 is 2.03 bits per heavy atom. The second-order valence-electron chi connectivity index (χ2n) is 12.8. The summed E-state index contributed by atoms with van der Waals surface area (Å²) in [7, 11) is 0.569. The third kappa shape index (κ3) is 7.32. The smallest absolute Gasteiger partial charge is 0.123 e. The second-order valence-corrected chi connectivity index (χ2v) is 15.4. The fourth-order valence-corrected chi connectivity index (χ4v) is 7.37. The van der Waals surface area contributed by atoms with Crippen LogP contribution < -0.4 is 5.30 Å². The van der Waals surface area contributed by atoms with Crippen molar-refractivity contribution in [1.82, 2.24) is 0 Å². The van der Waals surface area contributed by atoms with Crippen molar-refractivity contribution in [3.05, 3.63) is 58.7 Å². The van der Waals surface area contributed by atoms with Crippen molar-refractivity contribution in [3.63, 3.8) is 0 Å². The van der Waals surface area contributed by atoms with Gasteiger partial charge in [0.15, 0.2) is 0 Å². The van der Waals surface area contributed by atoms with Crippen LogP contribution in [0, 0.1) is 5.92 Å². The molecule has 202 valence electrons. The zero-order valence-corrected chi connectivity index (χ0v) is 26.7. The van der Waals surface area contributed by atoms with Crippen LogP contribution in [0.15, 0.2) is 36.4 Å². The van der Waals surface area contributed by atoms with Crippen LogP contribution in [0.4, 0.5) is 0 Å². The van der Waals surface area contributed by atoms with E-state index in [1.807, 2.05) is 0 Å². The summed E-state index contributed by atoms with van der Waals surface area (Å²) >= 11 is 4.80. The van der Waals surface area contributed by atoms with E-state index >= 15 is 0 Å². The molecule has 0 spiro atoms. The largest absolute Gasteiger partial charge is 0.507 e. The summed E-state index contributed by atoms with van der Waals surface area (Å²) in [5.41, 5.74) is 4.78. The molecule has 2 rings (SSSR count). The first-order valence-electron chi connectivity index (χ1n) is 14.1. The molecule has 0 aliphatic heterocycles. The van der Waals surface area contributed by atoms with Crippen LogP contribution >= 0.6 is 21.2 Å². The van der Waals surface area contributed by atoms with Crippen LogP contribution in [0.2, 0.25) is 0 Å². The molecule has 36 heavy (non-hydrogen) atoms. The summed E-state index contributed by atoms with van der Waals surface area (Å²) in [5.74, 6) is 1.01. The van der Waals surface area contributed by atoms with E-state index in [4.69, 9.17) is 12.6 Å². The number of hydrogen-bond acceptors (Lipinski definition) is 2. The van der Waals surface area contributed by atoms with Crippen molar-refractivity contribution in [1.29, 1.82) is 0 Å². The first kappa shape index (κ1) is 31.2. The molecule has 0 aliphatic carbocycles. The molecule has 0 amide bonds. The molecule has 3 heteroatoms. The van der Waals surface area contributed by atoms with E-state index in [9.17, 15) is 5.11 Å². The van der Waals surface area contributed by atoms with E-state index < -0.39 is 0 Å². The van der Waals surface area contributed by atoms with E-state index in [-0.39, 0.29) is 21.2 Å². The standard InChI is InChI=1S/C33H53OPS/c1-11-13-17-23(3)32(8,9)27-21-25(31(5,6)7)22-28(30(27)34)33(10,20-14-12-2)35-29-19-16-15-18-26(29)24(4)36/h15-16,18-19,21-24,34-36H,11-14,17,20H2,1-10H3. The van der Waals surface area contributed by atoms with Crippen LogP contribution in [0.5, 0.6) is 5.75 Å². The summed E-state index contributed by atoms with van der Waals surface area (Å²) in [4.78, 5) is 0. The fourth-order valence-electron chi connectivity index (χ4n) is 5.18. The molecule has 1 nitrogen and oxygen atoms in total. The minimum atomic E-state index is -0.141. The van der Waals surface area contributed by atoms with Crippen molar-refractivity contribution < 1.29 is 5.11 Å². The number of phenols is 1. The Labute approximate surface area is 230 Å². The van der Waals surface area contributed by atoms with Crippen LogP contribution in [0.3, 0.4) is 0 Å². The maximum absolute atomic E-state index is 12.1. The zero-order valence-electron chi connectivity index (χ0n) is 24.8. The van der Waals surface area contributed by atoms with Gasteiger partial charge in [0.1, 0.15) is 5.75 Å². The van der Waals surface area contributed by atoms with E-state index in [1.165, 1.54) is 35.7 Å². The van der Waals surface area contributed by atoms with Gasteiger partial charge in [0.05, 0.1) is 0 Å². The van der Waals surface area contributed by atoms with Gasteiger partial charge in [-0.3, -0.25) is 0 Å². The molecular formula is C33H53OPS. The summed E-state index contributed by atoms with van der Waals surface area (Å²) in [6.07, 6.45) is 6.97. The Hall–Kier alpha value is -0.980. The number of thiol groups is 1. The first-order chi connectivity index (χ1) is 16.7. The SMILES string of the molecule is CCCCC(C)C(C)(C)c1cc(C(C)(C)C)cc(C(C)(CCCC)Pc2ccccc2C(C)S)c1O. The van der Waals surface area contributed by atoms with Gasteiger partial charge in [-0.1, -0.05) is 133 Å². The molecule has 0 aliphatic rings. The highest BCUT2D eigenvalue weighted by Gasteiger charge is 2.37. The van der Waals surface area contributed by atoms with Crippen molar-refractivity contribution in [2.24, 2.45) is 5.92 Å². The lowest BCUT2D eigenvalue weighted by Gasteiger charge is -2.39. The molecule has 1 N–H and O–H groups in total. The van der Waals surface area contributed by atoms with Gasteiger partial charge in [0.2, 0.25) is 0 Å². The Morgan fingerprint density at radius 1 is 0.889 bits per heavy atom. The van der Waals surface area contributed by atoms with Gasteiger partial charge in [-0.05, 0) is 52.9 Å². The second kappa shape index (κ2) is 12.7. The highest BCUT2D eigenvalue weighted by atomic mass is 32.1. The fraction of sp³-hybridized carbons (Fsp3) is 0.636. The van der Waals surface area contributed by atoms with Gasteiger partial charge in [0, 0.05) is 21.5 Å². The molecule has 0 bridgehead atoms. The summed E-state index contributed by atoms with van der Waals surface area (Å²) < 4.78 is 0. The van der Waals surface area contributed by atoms with E-state index in [1.54, 1.807) is 0 Å². The van der Waals surface area contributed by atoms with Crippen molar-refractivity contribution in [2.45, 2.75) is 129 Å². The minimum absolute atomic E-state index is 0.00618. The monoisotopic (exact) mass is 528 g/mol. The third-order valence-electron chi connectivity index (χ3n) is 8.34. The maximum atomic E-state index is 12.1.